The monoisotopic (exact) mass is 263 g/mol. The van der Waals surface area contributed by atoms with Crippen LogP contribution in [0.25, 0.3) is 15.5 Å². The number of fused-ring (bicyclic) bond motifs is 1. The van der Waals surface area contributed by atoms with Crippen molar-refractivity contribution in [2.24, 2.45) is 0 Å². The van der Waals surface area contributed by atoms with E-state index in [2.05, 4.69) is 15.3 Å². The van der Waals surface area contributed by atoms with Gasteiger partial charge in [0.05, 0.1) is 0 Å². The third-order valence-corrected chi connectivity index (χ3v) is 3.53. The number of benzene rings is 1. The zero-order chi connectivity index (χ0) is 12.7. The third kappa shape index (κ3) is 1.63. The molecule has 1 aromatic carbocycles. The van der Waals surface area contributed by atoms with Gasteiger partial charge in [-0.15, -0.1) is 10.2 Å². The number of hydrogen-bond donors (Lipinski definition) is 1. The number of aromatic nitrogens is 4. The summed E-state index contributed by atoms with van der Waals surface area (Å²) in [5.74, 6) is 0.390. The van der Waals surface area contributed by atoms with E-state index in [1.54, 1.807) is 16.6 Å². The molecule has 0 aliphatic carbocycles. The van der Waals surface area contributed by atoms with Gasteiger partial charge in [-0.1, -0.05) is 18.3 Å². The minimum absolute atomic E-state index is 0.377. The molecule has 0 amide bonds. The molecule has 0 bridgehead atoms. The van der Waals surface area contributed by atoms with Crippen LogP contribution in [0.15, 0.2) is 18.2 Å². The molecule has 0 spiro atoms. The molecule has 2 N–H and O–H groups in total. The maximum atomic E-state index is 13.8. The lowest BCUT2D eigenvalue weighted by molar-refractivity contribution is 0.631. The van der Waals surface area contributed by atoms with Crippen LogP contribution in [-0.4, -0.2) is 19.8 Å². The van der Waals surface area contributed by atoms with Gasteiger partial charge < -0.3 is 5.73 Å². The van der Waals surface area contributed by atoms with Crippen molar-refractivity contribution in [3.05, 3.63) is 29.8 Å². The molecule has 0 atom stereocenters. The Morgan fingerprint density at radius 2 is 2.22 bits per heavy atom. The van der Waals surface area contributed by atoms with Crippen LogP contribution in [0.2, 0.25) is 0 Å². The van der Waals surface area contributed by atoms with E-state index in [0.29, 0.717) is 21.2 Å². The van der Waals surface area contributed by atoms with E-state index < -0.39 is 0 Å². The molecule has 2 aromatic heterocycles. The van der Waals surface area contributed by atoms with Gasteiger partial charge in [0.2, 0.25) is 4.96 Å². The number of nitrogens with zero attached hydrogens (tertiary/aromatic N) is 4. The first-order valence-corrected chi connectivity index (χ1v) is 6.27. The number of anilines is 1. The molecule has 3 rings (SSSR count). The fourth-order valence-corrected chi connectivity index (χ4v) is 2.58. The van der Waals surface area contributed by atoms with Crippen LogP contribution in [0.5, 0.6) is 0 Å². The summed E-state index contributed by atoms with van der Waals surface area (Å²) in [4.78, 5) is 0.665. The minimum Gasteiger partial charge on any atom is -0.399 e. The molecule has 2 heterocycles. The average molecular weight is 263 g/mol. The first kappa shape index (κ1) is 11.1. The summed E-state index contributed by atoms with van der Waals surface area (Å²) >= 11 is 1.30. The summed E-state index contributed by atoms with van der Waals surface area (Å²) in [6.07, 6.45) is 0.731. The van der Waals surface area contributed by atoms with E-state index in [1.807, 2.05) is 6.92 Å². The summed E-state index contributed by atoms with van der Waals surface area (Å²) < 4.78 is 15.4. The Hall–Kier alpha value is -2.02. The van der Waals surface area contributed by atoms with Crippen LogP contribution in [0.1, 0.15) is 12.7 Å². The van der Waals surface area contributed by atoms with Gasteiger partial charge in [-0.2, -0.15) is 9.61 Å². The Kier molecular flexibility index (Phi) is 2.48. The number of halogens is 1. The van der Waals surface area contributed by atoms with E-state index in [9.17, 15) is 4.39 Å². The molecule has 7 heteroatoms. The Morgan fingerprint density at radius 1 is 1.39 bits per heavy atom. The van der Waals surface area contributed by atoms with Crippen molar-refractivity contribution in [3.63, 3.8) is 0 Å². The normalized spacial score (nSPS) is 11.2. The van der Waals surface area contributed by atoms with Crippen molar-refractivity contribution in [2.75, 3.05) is 5.73 Å². The second-order valence-electron chi connectivity index (χ2n) is 3.81. The van der Waals surface area contributed by atoms with Crippen molar-refractivity contribution in [1.82, 2.24) is 19.8 Å². The second-order valence-corrected chi connectivity index (χ2v) is 4.77. The Balaban J connectivity index is 2.16. The van der Waals surface area contributed by atoms with E-state index in [-0.39, 0.29) is 5.82 Å². The smallest absolute Gasteiger partial charge is 0.234 e. The van der Waals surface area contributed by atoms with E-state index >= 15 is 0 Å². The molecular weight excluding hydrogens is 253 g/mol. The number of aryl methyl sites for hydroxylation is 1. The summed E-state index contributed by atoms with van der Waals surface area (Å²) in [5, 5.41) is 12.9. The molecule has 0 saturated carbocycles. The van der Waals surface area contributed by atoms with Crippen molar-refractivity contribution in [2.45, 2.75) is 13.3 Å². The van der Waals surface area contributed by atoms with Crippen molar-refractivity contribution in [1.29, 1.82) is 0 Å². The van der Waals surface area contributed by atoms with E-state index in [1.165, 1.54) is 17.4 Å². The largest absolute Gasteiger partial charge is 0.399 e. The topological polar surface area (TPSA) is 69.1 Å². The van der Waals surface area contributed by atoms with Crippen LogP contribution in [-0.2, 0) is 6.42 Å². The lowest BCUT2D eigenvalue weighted by Crippen LogP contribution is -1.94. The maximum Gasteiger partial charge on any atom is 0.234 e. The highest BCUT2D eigenvalue weighted by Gasteiger charge is 2.14. The molecule has 0 radical (unpaired) electrons. The van der Waals surface area contributed by atoms with Gasteiger partial charge in [0, 0.05) is 17.7 Å². The number of hydrogen-bond acceptors (Lipinski definition) is 5. The van der Waals surface area contributed by atoms with Gasteiger partial charge in [-0.3, -0.25) is 0 Å². The Morgan fingerprint density at radius 3 is 2.94 bits per heavy atom. The van der Waals surface area contributed by atoms with Gasteiger partial charge >= 0.3 is 0 Å². The van der Waals surface area contributed by atoms with E-state index in [4.69, 9.17) is 5.73 Å². The van der Waals surface area contributed by atoms with Crippen molar-refractivity contribution >= 4 is 22.0 Å². The van der Waals surface area contributed by atoms with Gasteiger partial charge in [0.1, 0.15) is 5.82 Å². The molecule has 92 valence electrons. The molecule has 18 heavy (non-hydrogen) atoms. The predicted molar refractivity (Wildman–Crippen MR) is 67.8 cm³/mol. The molecular formula is C11H10FN5S. The fraction of sp³-hybridized carbons (Fsp3) is 0.182. The second kappa shape index (κ2) is 4.02. The zero-order valence-corrected chi connectivity index (χ0v) is 10.4. The summed E-state index contributed by atoms with van der Waals surface area (Å²) in [5.41, 5.74) is 6.35. The SMILES string of the molecule is CCc1nnc2sc(-c3ccc(N)cc3F)nn12. The summed E-state index contributed by atoms with van der Waals surface area (Å²) in [6.45, 7) is 1.97. The Bertz CT molecular complexity index is 717. The maximum absolute atomic E-state index is 13.8. The highest BCUT2D eigenvalue weighted by Crippen LogP contribution is 2.28. The molecule has 0 aliphatic rings. The molecule has 3 aromatic rings. The van der Waals surface area contributed by atoms with Crippen molar-refractivity contribution in [3.8, 4) is 10.6 Å². The lowest BCUT2D eigenvalue weighted by Gasteiger charge is -1.99. The number of nitrogen functional groups attached to an aromatic ring is 1. The van der Waals surface area contributed by atoms with Crippen molar-refractivity contribution < 1.29 is 4.39 Å². The molecule has 0 unspecified atom stereocenters. The third-order valence-electron chi connectivity index (χ3n) is 2.60. The Labute approximate surface area is 106 Å². The summed E-state index contributed by atoms with van der Waals surface area (Å²) in [6, 6.07) is 4.57. The number of rotatable bonds is 2. The average Bonchev–Trinajstić information content (AvgIpc) is 2.88. The first-order valence-electron chi connectivity index (χ1n) is 5.45. The molecule has 0 fully saturated rings. The van der Waals surface area contributed by atoms with E-state index in [0.717, 1.165) is 12.2 Å². The van der Waals surface area contributed by atoms with Crippen LogP contribution in [0, 0.1) is 5.82 Å². The highest BCUT2D eigenvalue weighted by atomic mass is 32.1. The highest BCUT2D eigenvalue weighted by molar-refractivity contribution is 7.19. The number of nitrogens with two attached hydrogens (primary N) is 1. The first-order chi connectivity index (χ1) is 8.69. The van der Waals surface area contributed by atoms with Gasteiger partial charge in [-0.05, 0) is 18.2 Å². The minimum atomic E-state index is -0.377. The fourth-order valence-electron chi connectivity index (χ4n) is 1.69. The molecule has 0 aliphatic heterocycles. The van der Waals surface area contributed by atoms with Gasteiger partial charge in [-0.25, -0.2) is 4.39 Å². The lowest BCUT2D eigenvalue weighted by atomic mass is 10.2. The predicted octanol–water partition coefficient (Wildman–Crippen LogP) is 2.14. The van der Waals surface area contributed by atoms with Gasteiger partial charge in [0.25, 0.3) is 0 Å². The quantitative estimate of drug-likeness (QED) is 0.719. The molecule has 5 nitrogen and oxygen atoms in total. The zero-order valence-electron chi connectivity index (χ0n) is 9.59. The van der Waals surface area contributed by atoms with Crippen LogP contribution >= 0.6 is 11.3 Å². The standard InChI is InChI=1S/C11H10FN5S/c1-2-9-14-15-11-17(9)16-10(18-11)7-4-3-6(13)5-8(7)12/h3-5H,2,13H2,1H3. The summed E-state index contributed by atoms with van der Waals surface area (Å²) in [7, 11) is 0. The van der Waals surface area contributed by atoms with Crippen LogP contribution in [0.4, 0.5) is 10.1 Å². The van der Waals surface area contributed by atoms with Gasteiger partial charge in [0.15, 0.2) is 10.8 Å². The molecule has 0 saturated heterocycles. The van der Waals surface area contributed by atoms with Crippen LogP contribution in [0.3, 0.4) is 0 Å². The van der Waals surface area contributed by atoms with Crippen LogP contribution < -0.4 is 5.73 Å².